The predicted molar refractivity (Wildman–Crippen MR) is 73.3 cm³/mol. The molecule has 0 aromatic heterocycles. The van der Waals surface area contributed by atoms with E-state index in [0.29, 0.717) is 18.4 Å². The van der Waals surface area contributed by atoms with E-state index in [0.717, 1.165) is 32.4 Å². The molecule has 0 bridgehead atoms. The highest BCUT2D eigenvalue weighted by atomic mass is 16.3. The van der Waals surface area contributed by atoms with Crippen molar-refractivity contribution in [3.63, 3.8) is 0 Å². The summed E-state index contributed by atoms with van der Waals surface area (Å²) in [4.78, 5) is 12.4. The van der Waals surface area contributed by atoms with Crippen molar-refractivity contribution in [3.8, 4) is 0 Å². The first kappa shape index (κ1) is 15.4. The number of carbonyl (C=O) groups excluding carboxylic acids is 1. The van der Waals surface area contributed by atoms with Crippen LogP contribution in [0.4, 0.5) is 0 Å². The van der Waals surface area contributed by atoms with Gasteiger partial charge in [-0.15, -0.1) is 0 Å². The lowest BCUT2D eigenvalue weighted by molar-refractivity contribution is -0.132. The lowest BCUT2D eigenvalue weighted by Crippen LogP contribution is -2.47. The first-order chi connectivity index (χ1) is 8.56. The van der Waals surface area contributed by atoms with E-state index in [-0.39, 0.29) is 17.9 Å². The molecule has 3 N–H and O–H groups in total. The van der Waals surface area contributed by atoms with Crippen LogP contribution in [-0.4, -0.2) is 37.3 Å². The first-order valence-electron chi connectivity index (χ1n) is 7.16. The topological polar surface area (TPSA) is 61.4 Å². The monoisotopic (exact) mass is 256 g/mol. The fraction of sp³-hybridized carbons (Fsp3) is 0.929. The largest absolute Gasteiger partial charge is 0.396 e. The van der Waals surface area contributed by atoms with Gasteiger partial charge >= 0.3 is 0 Å². The van der Waals surface area contributed by atoms with Gasteiger partial charge in [0.2, 0.25) is 5.91 Å². The summed E-state index contributed by atoms with van der Waals surface area (Å²) in [5.41, 5.74) is -0.239. The molecule has 1 rings (SSSR count). The van der Waals surface area contributed by atoms with Crippen LogP contribution in [0.3, 0.4) is 0 Å². The van der Waals surface area contributed by atoms with Gasteiger partial charge in [0, 0.05) is 19.7 Å². The summed E-state index contributed by atoms with van der Waals surface area (Å²) < 4.78 is 0. The summed E-state index contributed by atoms with van der Waals surface area (Å²) in [5, 5.41) is 15.4. The lowest BCUT2D eigenvalue weighted by atomic mass is 9.75. The van der Waals surface area contributed by atoms with Crippen LogP contribution in [0.5, 0.6) is 0 Å². The Morgan fingerprint density at radius 1 is 1.50 bits per heavy atom. The van der Waals surface area contributed by atoms with Crippen LogP contribution in [0.15, 0.2) is 0 Å². The van der Waals surface area contributed by atoms with Gasteiger partial charge in [0.15, 0.2) is 0 Å². The minimum Gasteiger partial charge on any atom is -0.396 e. The summed E-state index contributed by atoms with van der Waals surface area (Å²) in [6, 6.07) is 0. The highest BCUT2D eigenvalue weighted by Crippen LogP contribution is 2.34. The number of amides is 1. The Kier molecular flexibility index (Phi) is 6.09. The van der Waals surface area contributed by atoms with Gasteiger partial charge in [-0.05, 0) is 31.2 Å². The smallest absolute Gasteiger partial charge is 0.227 e. The molecule has 2 atom stereocenters. The second kappa shape index (κ2) is 7.10. The Bertz CT molecular complexity index is 261. The molecule has 1 aliphatic heterocycles. The molecule has 106 valence electrons. The maximum atomic E-state index is 12.4. The van der Waals surface area contributed by atoms with Gasteiger partial charge in [-0.2, -0.15) is 0 Å². The zero-order chi connectivity index (χ0) is 13.6. The highest BCUT2D eigenvalue weighted by molar-refractivity contribution is 5.83. The van der Waals surface area contributed by atoms with Crippen LogP contribution < -0.4 is 10.6 Å². The van der Waals surface area contributed by atoms with E-state index in [4.69, 9.17) is 5.11 Å². The minimum atomic E-state index is -0.239. The third-order valence-electron chi connectivity index (χ3n) is 4.41. The average Bonchev–Trinajstić information content (AvgIpc) is 2.84. The molecule has 1 amide bonds. The van der Waals surface area contributed by atoms with Crippen LogP contribution >= 0.6 is 0 Å². The standard InChI is InChI=1S/C14H28N2O2/c1-4-12(5-8-17)9-16-13(18)14(11(2)3)6-7-15-10-14/h11-12,15,17H,4-10H2,1-3H3,(H,16,18). The van der Waals surface area contributed by atoms with Gasteiger partial charge in [0.1, 0.15) is 0 Å². The summed E-state index contributed by atoms with van der Waals surface area (Å²) in [6.45, 7) is 8.94. The van der Waals surface area contributed by atoms with Crippen molar-refractivity contribution in [2.45, 2.75) is 40.0 Å². The molecule has 0 radical (unpaired) electrons. The van der Waals surface area contributed by atoms with Crippen molar-refractivity contribution < 1.29 is 9.90 Å². The zero-order valence-corrected chi connectivity index (χ0v) is 12.0. The number of hydrogen-bond donors (Lipinski definition) is 3. The molecule has 4 heteroatoms. The molecule has 1 fully saturated rings. The Hall–Kier alpha value is -0.610. The van der Waals surface area contributed by atoms with Crippen LogP contribution in [0.25, 0.3) is 0 Å². The molecule has 0 spiro atoms. The molecule has 0 aromatic carbocycles. The Balaban J connectivity index is 2.52. The average molecular weight is 256 g/mol. The molecule has 0 aliphatic carbocycles. The second-order valence-corrected chi connectivity index (χ2v) is 5.73. The number of rotatable bonds is 7. The molecule has 2 unspecified atom stereocenters. The first-order valence-corrected chi connectivity index (χ1v) is 7.16. The van der Waals surface area contributed by atoms with Crippen molar-refractivity contribution in [3.05, 3.63) is 0 Å². The maximum Gasteiger partial charge on any atom is 0.227 e. The van der Waals surface area contributed by atoms with Crippen molar-refractivity contribution in [2.75, 3.05) is 26.2 Å². The van der Waals surface area contributed by atoms with E-state index in [2.05, 4.69) is 31.4 Å². The van der Waals surface area contributed by atoms with E-state index < -0.39 is 0 Å². The fourth-order valence-electron chi connectivity index (χ4n) is 2.71. The molecule has 0 aromatic rings. The van der Waals surface area contributed by atoms with E-state index >= 15 is 0 Å². The SMILES string of the molecule is CCC(CCO)CNC(=O)C1(C(C)C)CCNC1. The van der Waals surface area contributed by atoms with Crippen molar-refractivity contribution in [1.29, 1.82) is 0 Å². The Morgan fingerprint density at radius 2 is 2.22 bits per heavy atom. The van der Waals surface area contributed by atoms with E-state index in [1.54, 1.807) is 0 Å². The van der Waals surface area contributed by atoms with E-state index in [1.807, 2.05) is 0 Å². The Labute approximate surface area is 111 Å². The number of hydrogen-bond acceptors (Lipinski definition) is 3. The number of carbonyl (C=O) groups is 1. The van der Waals surface area contributed by atoms with Gasteiger partial charge in [0.25, 0.3) is 0 Å². The zero-order valence-electron chi connectivity index (χ0n) is 12.0. The summed E-state index contributed by atoms with van der Waals surface area (Å²) in [7, 11) is 0. The molecule has 1 aliphatic rings. The maximum absolute atomic E-state index is 12.4. The number of aliphatic hydroxyl groups is 1. The number of nitrogens with one attached hydrogen (secondary N) is 2. The van der Waals surface area contributed by atoms with Crippen LogP contribution in [0.1, 0.15) is 40.0 Å². The molecule has 18 heavy (non-hydrogen) atoms. The molecule has 0 saturated carbocycles. The van der Waals surface area contributed by atoms with E-state index in [1.165, 1.54) is 0 Å². The van der Waals surface area contributed by atoms with Gasteiger partial charge in [-0.25, -0.2) is 0 Å². The summed E-state index contributed by atoms with van der Waals surface area (Å²) in [6.07, 6.45) is 2.69. The fourth-order valence-corrected chi connectivity index (χ4v) is 2.71. The van der Waals surface area contributed by atoms with Crippen LogP contribution in [0, 0.1) is 17.3 Å². The van der Waals surface area contributed by atoms with Crippen molar-refractivity contribution in [2.24, 2.45) is 17.3 Å². The van der Waals surface area contributed by atoms with Gasteiger partial charge < -0.3 is 15.7 Å². The van der Waals surface area contributed by atoms with Gasteiger partial charge in [0.05, 0.1) is 5.41 Å². The van der Waals surface area contributed by atoms with Crippen LogP contribution in [-0.2, 0) is 4.79 Å². The normalized spacial score (nSPS) is 25.4. The van der Waals surface area contributed by atoms with Crippen molar-refractivity contribution in [1.82, 2.24) is 10.6 Å². The molecule has 1 heterocycles. The summed E-state index contributed by atoms with van der Waals surface area (Å²) >= 11 is 0. The van der Waals surface area contributed by atoms with Gasteiger partial charge in [-0.3, -0.25) is 4.79 Å². The third kappa shape index (κ3) is 3.45. The van der Waals surface area contributed by atoms with E-state index in [9.17, 15) is 4.79 Å². The third-order valence-corrected chi connectivity index (χ3v) is 4.41. The number of aliphatic hydroxyl groups excluding tert-OH is 1. The van der Waals surface area contributed by atoms with Gasteiger partial charge in [-0.1, -0.05) is 27.2 Å². The Morgan fingerprint density at radius 3 is 2.67 bits per heavy atom. The predicted octanol–water partition coefficient (Wildman–Crippen LogP) is 1.15. The van der Waals surface area contributed by atoms with Crippen LogP contribution in [0.2, 0.25) is 0 Å². The second-order valence-electron chi connectivity index (χ2n) is 5.73. The molecular weight excluding hydrogens is 228 g/mol. The minimum absolute atomic E-state index is 0.180. The van der Waals surface area contributed by atoms with Crippen molar-refractivity contribution >= 4 is 5.91 Å². The lowest BCUT2D eigenvalue weighted by Gasteiger charge is -2.31. The molecule has 4 nitrogen and oxygen atoms in total. The summed E-state index contributed by atoms with van der Waals surface area (Å²) in [5.74, 6) is 0.918. The highest BCUT2D eigenvalue weighted by Gasteiger charge is 2.43. The molecular formula is C14H28N2O2. The quantitative estimate of drug-likeness (QED) is 0.640. The molecule has 1 saturated heterocycles.